The number of aromatic amines is 1. The Kier molecular flexibility index (Phi) is 3.72. The lowest BCUT2D eigenvalue weighted by molar-refractivity contribution is -0.143. The van der Waals surface area contributed by atoms with Gasteiger partial charge in [0.25, 0.3) is 0 Å². The van der Waals surface area contributed by atoms with Crippen LogP contribution >= 0.6 is 0 Å². The Hall–Kier alpha value is -2.41. The molecule has 2 fully saturated rings. The van der Waals surface area contributed by atoms with Crippen LogP contribution in [0, 0.1) is 11.8 Å². The van der Waals surface area contributed by atoms with Gasteiger partial charge in [-0.3, -0.25) is 9.59 Å². The van der Waals surface area contributed by atoms with Crippen molar-refractivity contribution in [2.45, 2.75) is 25.4 Å². The second-order valence-corrected chi connectivity index (χ2v) is 6.32. The molecule has 1 aliphatic carbocycles. The first kappa shape index (κ1) is 15.1. The summed E-state index contributed by atoms with van der Waals surface area (Å²) in [7, 11) is 1.34. The first-order valence-corrected chi connectivity index (χ1v) is 8.15. The zero-order valence-electron chi connectivity index (χ0n) is 13.4. The van der Waals surface area contributed by atoms with Crippen molar-refractivity contribution in [3.8, 4) is 0 Å². The Bertz CT molecular complexity index is 794. The van der Waals surface area contributed by atoms with E-state index in [-0.39, 0.29) is 29.8 Å². The van der Waals surface area contributed by atoms with Gasteiger partial charge in [0.05, 0.1) is 30.0 Å². The average Bonchev–Trinajstić information content (AvgIpc) is 3.01. The minimum atomic E-state index is -0.319. The number of ether oxygens (including phenoxy) is 2. The van der Waals surface area contributed by atoms with Gasteiger partial charge in [-0.1, -0.05) is 0 Å². The highest BCUT2D eigenvalue weighted by molar-refractivity contribution is 5.99. The van der Waals surface area contributed by atoms with Crippen LogP contribution in [0.25, 0.3) is 11.0 Å². The quantitative estimate of drug-likeness (QED) is 0.839. The molecule has 0 bridgehead atoms. The molecule has 1 saturated heterocycles. The van der Waals surface area contributed by atoms with Gasteiger partial charge in [0.15, 0.2) is 0 Å². The normalized spacial score (nSPS) is 25.6. The van der Waals surface area contributed by atoms with Gasteiger partial charge in [-0.2, -0.15) is 0 Å². The fraction of sp³-hybridized carbons (Fsp3) is 0.471. The molecule has 126 valence electrons. The number of benzene rings is 1. The standard InChI is InChI=1S/C17H19N3O4/c1-23-17(22)11-8-10(11)16(21)18-9-4-5-12-13(7-9)20-15(19-12)14-3-2-6-24-14/h4-5,7,10-11,14H,2-3,6,8H2,1H3,(H,18,21)(H,19,20). The third-order valence-corrected chi connectivity index (χ3v) is 4.63. The topological polar surface area (TPSA) is 93.3 Å². The van der Waals surface area contributed by atoms with Gasteiger partial charge in [-0.05, 0) is 37.5 Å². The van der Waals surface area contributed by atoms with E-state index in [1.165, 1.54) is 7.11 Å². The number of nitrogens with zero attached hydrogens (tertiary/aromatic N) is 1. The number of rotatable bonds is 4. The maximum Gasteiger partial charge on any atom is 0.309 e. The summed E-state index contributed by atoms with van der Waals surface area (Å²) in [5.41, 5.74) is 2.39. The number of methoxy groups -OCH3 is 1. The van der Waals surface area contributed by atoms with Gasteiger partial charge >= 0.3 is 5.97 Å². The maximum atomic E-state index is 12.2. The van der Waals surface area contributed by atoms with Gasteiger partial charge in [-0.15, -0.1) is 0 Å². The zero-order chi connectivity index (χ0) is 16.7. The van der Waals surface area contributed by atoms with Crippen molar-refractivity contribution in [1.82, 2.24) is 9.97 Å². The molecule has 4 rings (SSSR count). The molecular formula is C17H19N3O4. The Morgan fingerprint density at radius 2 is 2.25 bits per heavy atom. The fourth-order valence-corrected chi connectivity index (χ4v) is 3.18. The summed E-state index contributed by atoms with van der Waals surface area (Å²) in [6.07, 6.45) is 2.60. The molecule has 1 amide bonds. The molecule has 1 aliphatic heterocycles. The van der Waals surface area contributed by atoms with Crippen LogP contribution in [-0.4, -0.2) is 35.6 Å². The summed E-state index contributed by atoms with van der Waals surface area (Å²) < 4.78 is 10.3. The van der Waals surface area contributed by atoms with E-state index in [1.54, 1.807) is 0 Å². The highest BCUT2D eigenvalue weighted by atomic mass is 16.5. The van der Waals surface area contributed by atoms with Crippen molar-refractivity contribution in [3.05, 3.63) is 24.0 Å². The lowest BCUT2D eigenvalue weighted by atomic mass is 10.2. The molecule has 1 aromatic carbocycles. The number of imidazole rings is 1. The second-order valence-electron chi connectivity index (χ2n) is 6.32. The number of esters is 1. The van der Waals surface area contributed by atoms with Crippen molar-refractivity contribution >= 4 is 28.6 Å². The molecule has 24 heavy (non-hydrogen) atoms. The van der Waals surface area contributed by atoms with E-state index < -0.39 is 0 Å². The van der Waals surface area contributed by atoms with Crippen molar-refractivity contribution in [2.75, 3.05) is 19.0 Å². The molecule has 2 heterocycles. The predicted octanol–water partition coefficient (Wildman–Crippen LogP) is 2.16. The molecular weight excluding hydrogens is 310 g/mol. The molecule has 2 aliphatic rings. The Balaban J connectivity index is 1.47. The van der Waals surface area contributed by atoms with E-state index in [1.807, 2.05) is 18.2 Å². The highest BCUT2D eigenvalue weighted by Gasteiger charge is 2.48. The summed E-state index contributed by atoms with van der Waals surface area (Å²) in [6.45, 7) is 0.770. The first-order chi connectivity index (χ1) is 11.7. The van der Waals surface area contributed by atoms with Crippen LogP contribution < -0.4 is 5.32 Å². The van der Waals surface area contributed by atoms with Crippen molar-refractivity contribution in [1.29, 1.82) is 0 Å². The Labute approximate surface area is 138 Å². The molecule has 2 N–H and O–H groups in total. The number of hydrogen-bond donors (Lipinski definition) is 2. The van der Waals surface area contributed by atoms with Crippen LogP contribution in [0.2, 0.25) is 0 Å². The van der Waals surface area contributed by atoms with E-state index in [0.29, 0.717) is 12.1 Å². The number of anilines is 1. The molecule has 2 aromatic rings. The van der Waals surface area contributed by atoms with Crippen LogP contribution in [0.5, 0.6) is 0 Å². The van der Waals surface area contributed by atoms with Crippen molar-refractivity contribution < 1.29 is 19.1 Å². The number of amides is 1. The predicted molar refractivity (Wildman–Crippen MR) is 86.3 cm³/mol. The lowest BCUT2D eigenvalue weighted by Gasteiger charge is -2.04. The van der Waals surface area contributed by atoms with Gasteiger partial charge in [-0.25, -0.2) is 4.98 Å². The Morgan fingerprint density at radius 3 is 3.00 bits per heavy atom. The van der Waals surface area contributed by atoms with E-state index in [4.69, 9.17) is 4.74 Å². The largest absolute Gasteiger partial charge is 0.469 e. The summed E-state index contributed by atoms with van der Waals surface area (Å²) in [5, 5.41) is 2.86. The number of carbonyl (C=O) groups excluding carboxylic acids is 2. The van der Waals surface area contributed by atoms with Gasteiger partial charge < -0.3 is 19.8 Å². The number of carbonyl (C=O) groups is 2. The summed E-state index contributed by atoms with van der Waals surface area (Å²) in [4.78, 5) is 31.4. The molecule has 3 unspecified atom stereocenters. The van der Waals surface area contributed by atoms with Crippen molar-refractivity contribution in [3.63, 3.8) is 0 Å². The summed E-state index contributed by atoms with van der Waals surface area (Å²) >= 11 is 0. The van der Waals surface area contributed by atoms with Gasteiger partial charge in [0.1, 0.15) is 11.9 Å². The number of H-pyrrole nitrogens is 1. The smallest absolute Gasteiger partial charge is 0.309 e. The lowest BCUT2D eigenvalue weighted by Crippen LogP contribution is -2.17. The number of fused-ring (bicyclic) bond motifs is 1. The van der Waals surface area contributed by atoms with Crippen LogP contribution in [0.15, 0.2) is 18.2 Å². The Morgan fingerprint density at radius 1 is 1.38 bits per heavy atom. The molecule has 3 atom stereocenters. The maximum absolute atomic E-state index is 12.2. The zero-order valence-corrected chi connectivity index (χ0v) is 13.4. The molecule has 7 heteroatoms. The molecule has 7 nitrogen and oxygen atoms in total. The minimum Gasteiger partial charge on any atom is -0.469 e. The first-order valence-electron chi connectivity index (χ1n) is 8.15. The monoisotopic (exact) mass is 329 g/mol. The van der Waals surface area contributed by atoms with E-state index >= 15 is 0 Å². The molecule has 1 saturated carbocycles. The molecule has 0 radical (unpaired) electrons. The van der Waals surface area contributed by atoms with Crippen LogP contribution in [0.4, 0.5) is 5.69 Å². The van der Waals surface area contributed by atoms with Gasteiger partial charge in [0, 0.05) is 12.3 Å². The van der Waals surface area contributed by atoms with Crippen molar-refractivity contribution in [2.24, 2.45) is 11.8 Å². The van der Waals surface area contributed by atoms with E-state index in [2.05, 4.69) is 20.0 Å². The van der Waals surface area contributed by atoms with Crippen LogP contribution in [-0.2, 0) is 19.1 Å². The number of hydrogen-bond acceptors (Lipinski definition) is 5. The summed E-state index contributed by atoms with van der Waals surface area (Å²) in [5.74, 6) is -0.239. The third-order valence-electron chi connectivity index (χ3n) is 4.63. The SMILES string of the molecule is COC(=O)C1CC1C(=O)Nc1ccc2nc(C3CCCO3)[nH]c2c1. The molecule has 0 spiro atoms. The van der Waals surface area contributed by atoms with Crippen LogP contribution in [0.1, 0.15) is 31.2 Å². The number of aromatic nitrogens is 2. The number of nitrogens with one attached hydrogen (secondary N) is 2. The molecule has 1 aromatic heterocycles. The fourth-order valence-electron chi connectivity index (χ4n) is 3.18. The van der Waals surface area contributed by atoms with E-state index in [9.17, 15) is 9.59 Å². The second kappa shape index (κ2) is 5.90. The minimum absolute atomic E-state index is 0.0303. The summed E-state index contributed by atoms with van der Waals surface area (Å²) in [6, 6.07) is 5.54. The van der Waals surface area contributed by atoms with Gasteiger partial charge in [0.2, 0.25) is 5.91 Å². The third kappa shape index (κ3) is 2.75. The highest BCUT2D eigenvalue weighted by Crippen LogP contribution is 2.40. The average molecular weight is 329 g/mol. The van der Waals surface area contributed by atoms with E-state index in [0.717, 1.165) is 36.3 Å². The van der Waals surface area contributed by atoms with Crippen LogP contribution in [0.3, 0.4) is 0 Å².